The van der Waals surface area contributed by atoms with E-state index in [9.17, 15) is 5.11 Å². The van der Waals surface area contributed by atoms with Gasteiger partial charge in [0, 0.05) is 19.4 Å². The molecule has 0 radical (unpaired) electrons. The van der Waals surface area contributed by atoms with Gasteiger partial charge in [0.1, 0.15) is 0 Å². The van der Waals surface area contributed by atoms with Crippen molar-refractivity contribution < 1.29 is 14.6 Å². The summed E-state index contributed by atoms with van der Waals surface area (Å²) in [6, 6.07) is 0. The van der Waals surface area contributed by atoms with Crippen LogP contribution in [0.2, 0.25) is 0 Å². The maximum Gasteiger partial charge on any atom is 0.168 e. The van der Waals surface area contributed by atoms with Crippen LogP contribution < -0.4 is 0 Å². The molecule has 1 fully saturated rings. The van der Waals surface area contributed by atoms with Crippen LogP contribution in [-0.4, -0.2) is 30.2 Å². The van der Waals surface area contributed by atoms with E-state index in [0.29, 0.717) is 13.0 Å². The molecule has 0 bridgehead atoms. The highest BCUT2D eigenvalue weighted by Gasteiger charge is 2.40. The Morgan fingerprint density at radius 1 is 0.774 bits per heavy atom. The molecule has 1 aliphatic rings. The van der Waals surface area contributed by atoms with Crippen LogP contribution >= 0.6 is 0 Å². The van der Waals surface area contributed by atoms with Crippen molar-refractivity contribution in [2.75, 3.05) is 13.2 Å². The lowest BCUT2D eigenvalue weighted by molar-refractivity contribution is -0.180. The van der Waals surface area contributed by atoms with E-state index in [1.165, 1.54) is 64.2 Å². The van der Waals surface area contributed by atoms with E-state index in [4.69, 9.17) is 9.47 Å². The van der Waals surface area contributed by atoms with E-state index in [0.717, 1.165) is 32.1 Å². The average Bonchev–Trinajstić information content (AvgIpc) is 3.17. The minimum absolute atomic E-state index is 0.0769. The quantitative estimate of drug-likeness (QED) is 0.156. The zero-order valence-electron chi connectivity index (χ0n) is 20.5. The molecule has 0 aromatic rings. The zero-order valence-corrected chi connectivity index (χ0v) is 20.5. The summed E-state index contributed by atoms with van der Waals surface area (Å²) in [6.07, 6.45) is 32.1. The first-order valence-electron chi connectivity index (χ1n) is 13.1. The Balaban J connectivity index is 2.05. The van der Waals surface area contributed by atoms with E-state index in [1.54, 1.807) is 0 Å². The van der Waals surface area contributed by atoms with E-state index >= 15 is 0 Å². The molecule has 1 rings (SSSR count). The lowest BCUT2D eigenvalue weighted by atomic mass is 9.99. The van der Waals surface area contributed by atoms with Crippen molar-refractivity contribution in [2.45, 2.75) is 128 Å². The predicted octanol–water partition coefficient (Wildman–Crippen LogP) is 8.04. The van der Waals surface area contributed by atoms with Gasteiger partial charge in [-0.1, -0.05) is 88.8 Å². The van der Waals surface area contributed by atoms with Crippen LogP contribution in [0.15, 0.2) is 36.5 Å². The molecule has 0 saturated carbocycles. The highest BCUT2D eigenvalue weighted by Crippen LogP contribution is 2.35. The third kappa shape index (κ3) is 14.7. The fourth-order valence-corrected chi connectivity index (χ4v) is 4.12. The molecule has 1 aliphatic heterocycles. The van der Waals surface area contributed by atoms with Gasteiger partial charge in [-0.2, -0.15) is 0 Å². The summed E-state index contributed by atoms with van der Waals surface area (Å²) in [5.74, 6) is -0.374. The van der Waals surface area contributed by atoms with E-state index in [-0.39, 0.29) is 18.5 Å². The molecule has 180 valence electrons. The third-order valence-electron chi connectivity index (χ3n) is 5.98. The Labute approximate surface area is 193 Å². The first-order valence-corrected chi connectivity index (χ1v) is 13.1. The maximum atomic E-state index is 9.19. The predicted molar refractivity (Wildman–Crippen MR) is 133 cm³/mol. The summed E-state index contributed by atoms with van der Waals surface area (Å²) in [6.45, 7) is 5.23. The van der Waals surface area contributed by atoms with Gasteiger partial charge in [0.05, 0.1) is 12.7 Å². The number of aliphatic hydroxyl groups is 1. The highest BCUT2D eigenvalue weighted by molar-refractivity contribution is 4.96. The number of allylic oxidation sites excluding steroid dienone is 6. The SMILES string of the molecule is CC/C=C\C/C=C\C/C=C\CCCCCCCCC1(CCCCC)OCC(CCO)O1. The van der Waals surface area contributed by atoms with E-state index < -0.39 is 0 Å². The van der Waals surface area contributed by atoms with Gasteiger partial charge in [-0.15, -0.1) is 0 Å². The largest absolute Gasteiger partial charge is 0.396 e. The van der Waals surface area contributed by atoms with Crippen LogP contribution in [-0.2, 0) is 9.47 Å². The highest BCUT2D eigenvalue weighted by atomic mass is 16.7. The van der Waals surface area contributed by atoms with Crippen molar-refractivity contribution in [1.82, 2.24) is 0 Å². The molecular formula is C28H50O3. The van der Waals surface area contributed by atoms with Crippen LogP contribution in [0, 0.1) is 0 Å². The average molecular weight is 435 g/mol. The Morgan fingerprint density at radius 3 is 2.06 bits per heavy atom. The van der Waals surface area contributed by atoms with Crippen LogP contribution in [0.4, 0.5) is 0 Å². The van der Waals surface area contributed by atoms with Crippen molar-refractivity contribution in [1.29, 1.82) is 0 Å². The van der Waals surface area contributed by atoms with Crippen LogP contribution in [0.3, 0.4) is 0 Å². The number of hydrogen-bond donors (Lipinski definition) is 1. The molecule has 2 unspecified atom stereocenters. The van der Waals surface area contributed by atoms with E-state index in [2.05, 4.69) is 50.3 Å². The number of rotatable bonds is 20. The number of ether oxygens (including phenoxy) is 2. The van der Waals surface area contributed by atoms with Gasteiger partial charge in [-0.3, -0.25) is 0 Å². The molecule has 0 amide bonds. The minimum atomic E-state index is -0.374. The Hall–Kier alpha value is -0.900. The monoisotopic (exact) mass is 434 g/mol. The van der Waals surface area contributed by atoms with Crippen molar-refractivity contribution >= 4 is 0 Å². The first kappa shape index (κ1) is 28.1. The van der Waals surface area contributed by atoms with Crippen LogP contribution in [0.1, 0.15) is 117 Å². The Bertz CT molecular complexity index is 483. The van der Waals surface area contributed by atoms with Gasteiger partial charge in [0.15, 0.2) is 5.79 Å². The molecular weight excluding hydrogens is 384 g/mol. The van der Waals surface area contributed by atoms with Gasteiger partial charge in [-0.05, 0) is 51.4 Å². The van der Waals surface area contributed by atoms with Crippen molar-refractivity contribution in [3.8, 4) is 0 Å². The van der Waals surface area contributed by atoms with Crippen LogP contribution in [0.25, 0.3) is 0 Å². The topological polar surface area (TPSA) is 38.7 Å². The second kappa shape index (κ2) is 19.8. The minimum Gasteiger partial charge on any atom is -0.396 e. The second-order valence-corrected chi connectivity index (χ2v) is 8.88. The van der Waals surface area contributed by atoms with Crippen molar-refractivity contribution in [2.24, 2.45) is 0 Å². The summed E-state index contributed by atoms with van der Waals surface area (Å²) >= 11 is 0. The van der Waals surface area contributed by atoms with Gasteiger partial charge in [-0.25, -0.2) is 0 Å². The zero-order chi connectivity index (χ0) is 22.5. The molecule has 0 aromatic carbocycles. The van der Waals surface area contributed by atoms with Crippen molar-refractivity contribution in [3.05, 3.63) is 36.5 Å². The number of aliphatic hydroxyl groups excluding tert-OH is 1. The lowest BCUT2D eigenvalue weighted by Gasteiger charge is -2.28. The van der Waals surface area contributed by atoms with Crippen LogP contribution in [0.5, 0.6) is 0 Å². The van der Waals surface area contributed by atoms with Crippen molar-refractivity contribution in [3.63, 3.8) is 0 Å². The Morgan fingerprint density at radius 2 is 1.39 bits per heavy atom. The molecule has 1 heterocycles. The molecule has 2 atom stereocenters. The maximum absolute atomic E-state index is 9.19. The molecule has 1 saturated heterocycles. The molecule has 31 heavy (non-hydrogen) atoms. The lowest BCUT2D eigenvalue weighted by Crippen LogP contribution is -2.31. The van der Waals surface area contributed by atoms with E-state index in [1.807, 2.05) is 0 Å². The molecule has 0 aromatic heterocycles. The summed E-state index contributed by atoms with van der Waals surface area (Å²) < 4.78 is 12.4. The standard InChI is InChI=1S/C28H50O3/c1-3-5-7-8-9-10-11-12-13-14-15-16-17-18-19-21-24-28(23-20-6-4-2)30-26-27(31-28)22-25-29/h5,7,9-10,12-13,27,29H,3-4,6,8,11,14-26H2,1-2H3/b7-5-,10-9-,13-12-. The normalized spacial score (nSPS) is 22.0. The number of hydrogen-bond acceptors (Lipinski definition) is 3. The summed E-state index contributed by atoms with van der Waals surface area (Å²) in [7, 11) is 0. The van der Waals surface area contributed by atoms with Gasteiger partial charge in [0.2, 0.25) is 0 Å². The molecule has 0 aliphatic carbocycles. The summed E-state index contributed by atoms with van der Waals surface area (Å²) in [4.78, 5) is 0. The summed E-state index contributed by atoms with van der Waals surface area (Å²) in [5, 5.41) is 9.19. The summed E-state index contributed by atoms with van der Waals surface area (Å²) in [5.41, 5.74) is 0. The Kier molecular flexibility index (Phi) is 17.9. The molecule has 1 N–H and O–H groups in total. The first-order chi connectivity index (χ1) is 15.3. The fraction of sp³-hybridized carbons (Fsp3) is 0.786. The fourth-order valence-electron chi connectivity index (χ4n) is 4.12. The number of unbranched alkanes of at least 4 members (excludes halogenated alkanes) is 8. The molecule has 0 spiro atoms. The van der Waals surface area contributed by atoms with Gasteiger partial charge < -0.3 is 14.6 Å². The smallest absolute Gasteiger partial charge is 0.168 e. The molecule has 3 nitrogen and oxygen atoms in total. The second-order valence-electron chi connectivity index (χ2n) is 8.88. The van der Waals surface area contributed by atoms with Gasteiger partial charge in [0.25, 0.3) is 0 Å². The third-order valence-corrected chi connectivity index (χ3v) is 5.98. The molecule has 3 heteroatoms. The van der Waals surface area contributed by atoms with Gasteiger partial charge >= 0.3 is 0 Å².